The van der Waals surface area contributed by atoms with Crippen molar-refractivity contribution in [2.45, 2.75) is 64.3 Å². The second kappa shape index (κ2) is 9.03. The minimum atomic E-state index is -0.788. The largest absolute Gasteiger partial charge is 0.327 e. The van der Waals surface area contributed by atoms with Crippen molar-refractivity contribution in [1.82, 2.24) is 0 Å². The summed E-state index contributed by atoms with van der Waals surface area (Å²) in [5.41, 5.74) is 6.36. The molecule has 0 bridgehead atoms. The van der Waals surface area contributed by atoms with Gasteiger partial charge in [-0.1, -0.05) is 57.6 Å². The highest BCUT2D eigenvalue weighted by molar-refractivity contribution is 5.19. The Labute approximate surface area is 115 Å². The van der Waals surface area contributed by atoms with E-state index in [2.05, 4.69) is 6.92 Å². The molecule has 2 N–H and O–H groups in total. The maximum absolute atomic E-state index is 13.5. The van der Waals surface area contributed by atoms with Crippen molar-refractivity contribution in [2.75, 3.05) is 0 Å². The van der Waals surface area contributed by atoms with Crippen molar-refractivity contribution in [1.29, 1.82) is 0 Å². The Morgan fingerprint density at radius 3 is 2.47 bits per heavy atom. The molecule has 1 atom stereocenters. The Morgan fingerprint density at radius 1 is 1.05 bits per heavy atom. The lowest BCUT2D eigenvalue weighted by molar-refractivity contribution is 0.483. The summed E-state index contributed by atoms with van der Waals surface area (Å²) in [7, 11) is 0. The molecule has 0 spiro atoms. The van der Waals surface area contributed by atoms with Crippen LogP contribution in [0.3, 0.4) is 0 Å². The second-order valence-electron chi connectivity index (χ2n) is 5.23. The SMILES string of the molecule is CCCCCCCCC(N)Cc1cccc(F)c1F. The maximum Gasteiger partial charge on any atom is 0.162 e. The molecule has 19 heavy (non-hydrogen) atoms. The van der Waals surface area contributed by atoms with E-state index in [1.54, 1.807) is 6.07 Å². The summed E-state index contributed by atoms with van der Waals surface area (Å²) in [5, 5.41) is 0. The normalized spacial score (nSPS) is 12.6. The highest BCUT2D eigenvalue weighted by atomic mass is 19.2. The molecule has 0 fully saturated rings. The van der Waals surface area contributed by atoms with Crippen molar-refractivity contribution in [3.05, 3.63) is 35.4 Å². The third kappa shape index (κ3) is 6.15. The average molecular weight is 269 g/mol. The monoisotopic (exact) mass is 269 g/mol. The van der Waals surface area contributed by atoms with Gasteiger partial charge in [0.05, 0.1) is 0 Å². The van der Waals surface area contributed by atoms with Crippen LogP contribution >= 0.6 is 0 Å². The van der Waals surface area contributed by atoms with Crippen LogP contribution < -0.4 is 5.73 Å². The molecule has 0 aliphatic heterocycles. The lowest BCUT2D eigenvalue weighted by Crippen LogP contribution is -2.23. The molecule has 1 aromatic carbocycles. The lowest BCUT2D eigenvalue weighted by Gasteiger charge is -2.12. The third-order valence-electron chi connectivity index (χ3n) is 3.44. The standard InChI is InChI=1S/C16H25F2N/c1-2-3-4-5-6-7-10-14(19)12-13-9-8-11-15(17)16(13)18/h8-9,11,14H,2-7,10,12,19H2,1H3. The minimum absolute atomic E-state index is 0.0810. The Balaban J connectivity index is 2.23. The van der Waals surface area contributed by atoms with Gasteiger partial charge in [-0.2, -0.15) is 0 Å². The second-order valence-corrected chi connectivity index (χ2v) is 5.23. The first-order chi connectivity index (χ1) is 9.15. The van der Waals surface area contributed by atoms with E-state index >= 15 is 0 Å². The van der Waals surface area contributed by atoms with E-state index < -0.39 is 11.6 Å². The van der Waals surface area contributed by atoms with Crippen LogP contribution in [0, 0.1) is 11.6 Å². The Kier molecular flexibility index (Phi) is 7.65. The van der Waals surface area contributed by atoms with Crippen LogP contribution in [0.15, 0.2) is 18.2 Å². The summed E-state index contributed by atoms with van der Waals surface area (Å²) in [6, 6.07) is 4.20. The molecule has 1 aromatic rings. The van der Waals surface area contributed by atoms with E-state index in [1.165, 1.54) is 38.2 Å². The zero-order valence-electron chi connectivity index (χ0n) is 11.8. The zero-order chi connectivity index (χ0) is 14.1. The van der Waals surface area contributed by atoms with Gasteiger partial charge < -0.3 is 5.73 Å². The van der Waals surface area contributed by atoms with Crippen LogP contribution in [0.5, 0.6) is 0 Å². The molecule has 0 aromatic heterocycles. The first-order valence-electron chi connectivity index (χ1n) is 7.33. The van der Waals surface area contributed by atoms with Gasteiger partial charge in [0.2, 0.25) is 0 Å². The van der Waals surface area contributed by atoms with Crippen LogP contribution in [-0.4, -0.2) is 6.04 Å². The van der Waals surface area contributed by atoms with Crippen LogP contribution in [0.1, 0.15) is 57.4 Å². The fourth-order valence-electron chi connectivity index (χ4n) is 2.28. The molecule has 0 amide bonds. The maximum atomic E-state index is 13.5. The van der Waals surface area contributed by atoms with Crippen LogP contribution in [0.4, 0.5) is 8.78 Å². The number of hydrogen-bond acceptors (Lipinski definition) is 1. The van der Waals surface area contributed by atoms with Crippen molar-refractivity contribution >= 4 is 0 Å². The van der Waals surface area contributed by atoms with E-state index in [0.29, 0.717) is 12.0 Å². The smallest absolute Gasteiger partial charge is 0.162 e. The molecule has 3 heteroatoms. The number of hydrogen-bond donors (Lipinski definition) is 1. The van der Waals surface area contributed by atoms with Crippen LogP contribution in [-0.2, 0) is 6.42 Å². The van der Waals surface area contributed by atoms with Crippen molar-refractivity contribution in [3.63, 3.8) is 0 Å². The van der Waals surface area contributed by atoms with Gasteiger partial charge in [0, 0.05) is 6.04 Å². The Morgan fingerprint density at radius 2 is 1.74 bits per heavy atom. The number of benzene rings is 1. The molecule has 0 heterocycles. The van der Waals surface area contributed by atoms with Gasteiger partial charge >= 0.3 is 0 Å². The van der Waals surface area contributed by atoms with E-state index in [-0.39, 0.29) is 6.04 Å². The van der Waals surface area contributed by atoms with Gasteiger partial charge in [0.25, 0.3) is 0 Å². The number of rotatable bonds is 9. The summed E-state index contributed by atoms with van der Waals surface area (Å²) in [5.74, 6) is -1.54. The molecular formula is C16H25F2N. The molecule has 0 aliphatic carbocycles. The van der Waals surface area contributed by atoms with E-state index in [4.69, 9.17) is 5.73 Å². The molecule has 1 nitrogen and oxygen atoms in total. The number of nitrogens with two attached hydrogens (primary N) is 1. The fourth-order valence-corrected chi connectivity index (χ4v) is 2.28. The fraction of sp³-hybridized carbons (Fsp3) is 0.625. The van der Waals surface area contributed by atoms with Crippen LogP contribution in [0.2, 0.25) is 0 Å². The van der Waals surface area contributed by atoms with Crippen molar-refractivity contribution in [2.24, 2.45) is 5.73 Å². The van der Waals surface area contributed by atoms with Gasteiger partial charge in [-0.05, 0) is 24.5 Å². The lowest BCUT2D eigenvalue weighted by atomic mass is 10.00. The first-order valence-corrected chi connectivity index (χ1v) is 7.33. The molecule has 1 unspecified atom stereocenters. The molecule has 0 aliphatic rings. The number of unbranched alkanes of at least 4 members (excludes halogenated alkanes) is 5. The van der Waals surface area contributed by atoms with Crippen molar-refractivity contribution < 1.29 is 8.78 Å². The molecule has 0 radical (unpaired) electrons. The quantitative estimate of drug-likeness (QED) is 0.652. The minimum Gasteiger partial charge on any atom is -0.327 e. The summed E-state index contributed by atoms with van der Waals surface area (Å²) >= 11 is 0. The summed E-state index contributed by atoms with van der Waals surface area (Å²) in [6.07, 6.45) is 8.61. The molecule has 0 saturated heterocycles. The van der Waals surface area contributed by atoms with E-state index in [1.807, 2.05) is 0 Å². The van der Waals surface area contributed by atoms with Crippen LogP contribution in [0.25, 0.3) is 0 Å². The molecular weight excluding hydrogens is 244 g/mol. The van der Waals surface area contributed by atoms with Gasteiger partial charge in [0.15, 0.2) is 11.6 Å². The molecule has 1 rings (SSSR count). The van der Waals surface area contributed by atoms with E-state index in [0.717, 1.165) is 18.9 Å². The Bertz CT molecular complexity index is 366. The number of halogens is 2. The predicted octanol–water partition coefficient (Wildman–Crippen LogP) is 4.59. The third-order valence-corrected chi connectivity index (χ3v) is 3.44. The molecule has 108 valence electrons. The average Bonchev–Trinajstić information content (AvgIpc) is 2.39. The van der Waals surface area contributed by atoms with Gasteiger partial charge in [-0.15, -0.1) is 0 Å². The highest BCUT2D eigenvalue weighted by Gasteiger charge is 2.11. The van der Waals surface area contributed by atoms with Gasteiger partial charge in [0.1, 0.15) is 0 Å². The van der Waals surface area contributed by atoms with Gasteiger partial charge in [-0.3, -0.25) is 0 Å². The summed E-state index contributed by atoms with van der Waals surface area (Å²) in [4.78, 5) is 0. The summed E-state index contributed by atoms with van der Waals surface area (Å²) < 4.78 is 26.5. The van der Waals surface area contributed by atoms with Crippen molar-refractivity contribution in [3.8, 4) is 0 Å². The molecule has 0 saturated carbocycles. The topological polar surface area (TPSA) is 26.0 Å². The predicted molar refractivity (Wildman–Crippen MR) is 76.0 cm³/mol. The van der Waals surface area contributed by atoms with Gasteiger partial charge in [-0.25, -0.2) is 8.78 Å². The first kappa shape index (κ1) is 16.1. The Hall–Kier alpha value is -0.960. The highest BCUT2D eigenvalue weighted by Crippen LogP contribution is 2.15. The zero-order valence-corrected chi connectivity index (χ0v) is 11.8. The summed E-state index contributed by atoms with van der Waals surface area (Å²) in [6.45, 7) is 2.20. The van der Waals surface area contributed by atoms with E-state index in [9.17, 15) is 8.78 Å².